The van der Waals surface area contributed by atoms with Gasteiger partial charge in [0.15, 0.2) is 0 Å². The Labute approximate surface area is 111 Å². The van der Waals surface area contributed by atoms with Crippen molar-refractivity contribution in [3.8, 4) is 0 Å². The first-order valence-corrected chi connectivity index (χ1v) is 5.40. The number of halogens is 4. The third-order valence-electron chi connectivity index (χ3n) is 2.41. The van der Waals surface area contributed by atoms with Crippen LogP contribution in [-0.4, -0.2) is 25.5 Å². The zero-order chi connectivity index (χ0) is 13.1. The maximum atomic E-state index is 12.5. The summed E-state index contributed by atoms with van der Waals surface area (Å²) >= 11 is 0. The van der Waals surface area contributed by atoms with E-state index in [2.05, 4.69) is 0 Å². The molecule has 0 saturated heterocycles. The predicted octanol–water partition coefficient (Wildman–Crippen LogP) is 3.20. The molecule has 0 aliphatic rings. The molecule has 0 spiro atoms. The van der Waals surface area contributed by atoms with Crippen LogP contribution < -0.4 is 5.73 Å². The second-order valence-electron chi connectivity index (χ2n) is 4.37. The van der Waals surface area contributed by atoms with Gasteiger partial charge in [-0.25, -0.2) is 0 Å². The summed E-state index contributed by atoms with van der Waals surface area (Å²) in [7, 11) is 3.86. The minimum Gasteiger partial charge on any atom is -0.399 e. The molecular formula is C12H18ClF3N2. The number of nitrogens with two attached hydrogens (primary N) is 1. The Bertz CT molecular complexity index is 378. The van der Waals surface area contributed by atoms with E-state index in [-0.39, 0.29) is 18.1 Å². The summed E-state index contributed by atoms with van der Waals surface area (Å²) in [6, 6.07) is 3.74. The van der Waals surface area contributed by atoms with Gasteiger partial charge in [0.1, 0.15) is 0 Å². The third-order valence-corrected chi connectivity index (χ3v) is 2.41. The van der Waals surface area contributed by atoms with E-state index in [0.29, 0.717) is 12.0 Å². The van der Waals surface area contributed by atoms with Crippen molar-refractivity contribution in [3.63, 3.8) is 0 Å². The zero-order valence-corrected chi connectivity index (χ0v) is 11.2. The summed E-state index contributed by atoms with van der Waals surface area (Å²) in [5, 5.41) is 0. The number of anilines is 1. The zero-order valence-electron chi connectivity index (χ0n) is 10.4. The van der Waals surface area contributed by atoms with Crippen LogP contribution in [0.1, 0.15) is 17.5 Å². The molecule has 1 rings (SSSR count). The predicted molar refractivity (Wildman–Crippen MR) is 70.0 cm³/mol. The lowest BCUT2D eigenvalue weighted by atomic mass is 10.0. The first kappa shape index (κ1) is 17.1. The highest BCUT2D eigenvalue weighted by Gasteiger charge is 2.30. The van der Waals surface area contributed by atoms with Crippen molar-refractivity contribution < 1.29 is 13.2 Å². The van der Waals surface area contributed by atoms with E-state index in [1.165, 1.54) is 6.07 Å². The van der Waals surface area contributed by atoms with Crippen molar-refractivity contribution in [2.24, 2.45) is 0 Å². The largest absolute Gasteiger partial charge is 0.416 e. The van der Waals surface area contributed by atoms with E-state index >= 15 is 0 Å². The molecule has 2 nitrogen and oxygen atoms in total. The van der Waals surface area contributed by atoms with Gasteiger partial charge in [-0.05, 0) is 57.2 Å². The normalized spacial score (nSPS) is 11.4. The van der Waals surface area contributed by atoms with Gasteiger partial charge in [-0.1, -0.05) is 0 Å². The Kier molecular flexibility index (Phi) is 6.49. The van der Waals surface area contributed by atoms with E-state index in [4.69, 9.17) is 5.73 Å². The highest BCUT2D eigenvalue weighted by atomic mass is 35.5. The maximum Gasteiger partial charge on any atom is 0.416 e. The molecule has 1 aromatic rings. The van der Waals surface area contributed by atoms with E-state index in [0.717, 1.165) is 19.0 Å². The molecule has 0 bridgehead atoms. The number of rotatable bonds is 4. The van der Waals surface area contributed by atoms with Gasteiger partial charge in [0, 0.05) is 5.69 Å². The highest BCUT2D eigenvalue weighted by molar-refractivity contribution is 5.85. The Morgan fingerprint density at radius 2 is 1.78 bits per heavy atom. The van der Waals surface area contributed by atoms with Crippen molar-refractivity contribution >= 4 is 18.1 Å². The van der Waals surface area contributed by atoms with E-state index in [9.17, 15) is 13.2 Å². The molecule has 0 fully saturated rings. The average Bonchev–Trinajstić information content (AvgIpc) is 2.14. The fraction of sp³-hybridized carbons (Fsp3) is 0.500. The van der Waals surface area contributed by atoms with Crippen LogP contribution in [0.2, 0.25) is 0 Å². The quantitative estimate of drug-likeness (QED) is 0.859. The number of hydrogen-bond donors (Lipinski definition) is 1. The fourth-order valence-corrected chi connectivity index (χ4v) is 1.63. The molecule has 18 heavy (non-hydrogen) atoms. The molecule has 0 heterocycles. The van der Waals surface area contributed by atoms with Crippen LogP contribution in [0.4, 0.5) is 18.9 Å². The van der Waals surface area contributed by atoms with Crippen LogP contribution >= 0.6 is 12.4 Å². The molecule has 2 N–H and O–H groups in total. The first-order chi connectivity index (χ1) is 7.79. The summed E-state index contributed by atoms with van der Waals surface area (Å²) in [6.07, 6.45) is -2.91. The summed E-state index contributed by atoms with van der Waals surface area (Å²) < 4.78 is 37.6. The van der Waals surface area contributed by atoms with Gasteiger partial charge in [0.2, 0.25) is 0 Å². The molecule has 1 aromatic carbocycles. The van der Waals surface area contributed by atoms with E-state index < -0.39 is 11.7 Å². The molecule has 0 saturated carbocycles. The molecule has 6 heteroatoms. The molecule has 0 aliphatic carbocycles. The van der Waals surface area contributed by atoms with Crippen LogP contribution in [-0.2, 0) is 12.6 Å². The van der Waals surface area contributed by atoms with Gasteiger partial charge in [0.25, 0.3) is 0 Å². The van der Waals surface area contributed by atoms with Crippen molar-refractivity contribution in [1.29, 1.82) is 0 Å². The topological polar surface area (TPSA) is 29.3 Å². The molecule has 104 valence electrons. The number of nitrogens with zero attached hydrogens (tertiary/aromatic N) is 1. The van der Waals surface area contributed by atoms with Gasteiger partial charge in [-0.3, -0.25) is 0 Å². The SMILES string of the molecule is CN(C)CCCc1cc(N)cc(C(F)(F)F)c1.Cl. The molecule has 0 aliphatic heterocycles. The standard InChI is InChI=1S/C12H17F3N2.ClH/c1-17(2)5-3-4-9-6-10(12(13,14)15)8-11(16)7-9;/h6-8H,3-5,16H2,1-2H3;1H. The Morgan fingerprint density at radius 1 is 1.17 bits per heavy atom. The first-order valence-electron chi connectivity index (χ1n) is 5.40. The lowest BCUT2D eigenvalue weighted by Gasteiger charge is -2.12. The fourth-order valence-electron chi connectivity index (χ4n) is 1.63. The molecule has 0 unspecified atom stereocenters. The lowest BCUT2D eigenvalue weighted by molar-refractivity contribution is -0.137. The Balaban J connectivity index is 0.00000289. The van der Waals surface area contributed by atoms with Crippen LogP contribution in [0.15, 0.2) is 18.2 Å². The minimum atomic E-state index is -4.33. The van der Waals surface area contributed by atoms with Crippen molar-refractivity contribution in [3.05, 3.63) is 29.3 Å². The molecule has 0 atom stereocenters. The van der Waals surface area contributed by atoms with Crippen molar-refractivity contribution in [2.45, 2.75) is 19.0 Å². The van der Waals surface area contributed by atoms with Crippen molar-refractivity contribution in [2.75, 3.05) is 26.4 Å². The summed E-state index contributed by atoms with van der Waals surface area (Å²) in [5.41, 5.74) is 5.61. The van der Waals surface area contributed by atoms with Gasteiger partial charge >= 0.3 is 6.18 Å². The van der Waals surface area contributed by atoms with Crippen LogP contribution in [0.3, 0.4) is 0 Å². The van der Waals surface area contributed by atoms with Gasteiger partial charge in [0.05, 0.1) is 5.56 Å². The summed E-state index contributed by atoms with van der Waals surface area (Å²) in [5.74, 6) is 0. The molecule has 0 radical (unpaired) electrons. The summed E-state index contributed by atoms with van der Waals surface area (Å²) in [6.45, 7) is 0.843. The van der Waals surface area contributed by atoms with E-state index in [1.54, 1.807) is 6.07 Å². The van der Waals surface area contributed by atoms with Gasteiger partial charge in [-0.2, -0.15) is 13.2 Å². The maximum absolute atomic E-state index is 12.5. The van der Waals surface area contributed by atoms with Gasteiger partial charge < -0.3 is 10.6 Å². The third kappa shape index (κ3) is 5.60. The highest BCUT2D eigenvalue weighted by Crippen LogP contribution is 2.31. The van der Waals surface area contributed by atoms with Crippen molar-refractivity contribution in [1.82, 2.24) is 4.90 Å². The average molecular weight is 283 g/mol. The lowest BCUT2D eigenvalue weighted by Crippen LogP contribution is -2.13. The number of benzene rings is 1. The molecular weight excluding hydrogens is 265 g/mol. The number of alkyl halides is 3. The Hall–Kier alpha value is -0.940. The van der Waals surface area contributed by atoms with Gasteiger partial charge in [-0.15, -0.1) is 12.4 Å². The second kappa shape index (κ2) is 6.85. The van der Waals surface area contributed by atoms with Crippen LogP contribution in [0, 0.1) is 0 Å². The number of aryl methyl sites for hydroxylation is 1. The molecule has 0 amide bonds. The van der Waals surface area contributed by atoms with Crippen LogP contribution in [0.5, 0.6) is 0 Å². The molecule has 0 aromatic heterocycles. The minimum absolute atomic E-state index is 0. The Morgan fingerprint density at radius 3 is 2.28 bits per heavy atom. The monoisotopic (exact) mass is 282 g/mol. The number of hydrogen-bond acceptors (Lipinski definition) is 2. The summed E-state index contributed by atoms with van der Waals surface area (Å²) in [4.78, 5) is 2.00. The van der Waals surface area contributed by atoms with Crippen LogP contribution in [0.25, 0.3) is 0 Å². The smallest absolute Gasteiger partial charge is 0.399 e. The number of nitrogen functional groups attached to an aromatic ring is 1. The second-order valence-corrected chi connectivity index (χ2v) is 4.37. The van der Waals surface area contributed by atoms with E-state index in [1.807, 2.05) is 19.0 Å².